The van der Waals surface area contributed by atoms with Crippen molar-refractivity contribution in [2.45, 2.75) is 12.5 Å². The molecule has 0 spiro atoms. The van der Waals surface area contributed by atoms with Gasteiger partial charge in [-0.05, 0) is 54.4 Å². The molecule has 0 fully saturated rings. The van der Waals surface area contributed by atoms with Crippen LogP contribution in [0.1, 0.15) is 33.4 Å². The molecule has 4 heterocycles. The Bertz CT molecular complexity index is 1430. The second-order valence-electron chi connectivity index (χ2n) is 8.12. The number of para-hydroxylation sites is 1. The highest BCUT2D eigenvalue weighted by Crippen LogP contribution is 2.43. The number of furan rings is 1. The van der Waals surface area contributed by atoms with E-state index in [4.69, 9.17) is 9.15 Å². The van der Waals surface area contributed by atoms with Gasteiger partial charge in [-0.1, -0.05) is 18.2 Å². The molecule has 33 heavy (non-hydrogen) atoms. The van der Waals surface area contributed by atoms with E-state index in [1.165, 1.54) is 10.9 Å². The average Bonchev–Trinajstić information content (AvgIpc) is 3.64. The summed E-state index contributed by atoms with van der Waals surface area (Å²) >= 11 is 0. The van der Waals surface area contributed by atoms with Gasteiger partial charge in [0.2, 0.25) is 0 Å². The van der Waals surface area contributed by atoms with Crippen LogP contribution in [-0.2, 0) is 6.42 Å². The topological polar surface area (TPSA) is 87.2 Å². The van der Waals surface area contributed by atoms with Gasteiger partial charge in [0.25, 0.3) is 5.91 Å². The molecule has 0 saturated carbocycles. The first-order chi connectivity index (χ1) is 16.2. The molecule has 3 aromatic heterocycles. The van der Waals surface area contributed by atoms with Gasteiger partial charge in [0.15, 0.2) is 0 Å². The van der Waals surface area contributed by atoms with E-state index in [2.05, 4.69) is 27.3 Å². The van der Waals surface area contributed by atoms with Crippen LogP contribution in [0.5, 0.6) is 5.75 Å². The molecular formula is C26H22N4O3. The maximum atomic E-state index is 13.5. The highest BCUT2D eigenvalue weighted by atomic mass is 16.5. The van der Waals surface area contributed by atoms with Crippen LogP contribution < -0.4 is 4.74 Å². The Labute approximate surface area is 190 Å². The number of nitrogens with one attached hydrogen (secondary N) is 2. The Balaban J connectivity index is 1.37. The number of fused-ring (bicyclic) bond motifs is 2. The molecule has 1 atom stereocenters. The molecule has 0 aliphatic carbocycles. The van der Waals surface area contributed by atoms with Crippen molar-refractivity contribution in [3.8, 4) is 17.0 Å². The number of ether oxygens (including phenoxy) is 1. The minimum absolute atomic E-state index is 0.0708. The van der Waals surface area contributed by atoms with Crippen molar-refractivity contribution in [3.05, 3.63) is 95.7 Å². The predicted octanol–water partition coefficient (Wildman–Crippen LogP) is 4.95. The lowest BCUT2D eigenvalue weighted by Gasteiger charge is -2.24. The van der Waals surface area contributed by atoms with Gasteiger partial charge in [-0.3, -0.25) is 9.89 Å². The van der Waals surface area contributed by atoms with Crippen molar-refractivity contribution in [2.75, 3.05) is 13.7 Å². The van der Waals surface area contributed by atoms with Crippen molar-refractivity contribution in [1.82, 2.24) is 20.1 Å². The van der Waals surface area contributed by atoms with Gasteiger partial charge >= 0.3 is 0 Å². The number of aromatic amines is 2. The molecule has 2 aromatic carbocycles. The minimum atomic E-state index is -0.344. The normalized spacial score (nSPS) is 15.4. The van der Waals surface area contributed by atoms with E-state index in [9.17, 15) is 4.79 Å². The number of benzene rings is 2. The molecule has 0 radical (unpaired) electrons. The molecule has 0 bridgehead atoms. The van der Waals surface area contributed by atoms with Gasteiger partial charge in [0.1, 0.15) is 23.2 Å². The Hall–Kier alpha value is -4.26. The number of carbonyl (C=O) groups is 1. The number of aromatic nitrogens is 3. The maximum absolute atomic E-state index is 13.5. The molecular weight excluding hydrogens is 416 g/mol. The number of hydrogen-bond donors (Lipinski definition) is 2. The van der Waals surface area contributed by atoms with Crippen LogP contribution in [0.3, 0.4) is 0 Å². The predicted molar refractivity (Wildman–Crippen MR) is 124 cm³/mol. The van der Waals surface area contributed by atoms with Gasteiger partial charge < -0.3 is 19.0 Å². The Morgan fingerprint density at radius 2 is 1.94 bits per heavy atom. The molecule has 7 heteroatoms. The largest absolute Gasteiger partial charge is 0.497 e. The first-order valence-electron chi connectivity index (χ1n) is 10.9. The summed E-state index contributed by atoms with van der Waals surface area (Å²) in [4.78, 5) is 18.6. The molecule has 2 N–H and O–H groups in total. The smallest absolute Gasteiger partial charge is 0.273 e. The van der Waals surface area contributed by atoms with Crippen LogP contribution in [0.15, 0.2) is 77.5 Å². The fourth-order valence-electron chi connectivity index (χ4n) is 4.72. The fourth-order valence-corrected chi connectivity index (χ4v) is 4.72. The van der Waals surface area contributed by atoms with Crippen LogP contribution in [-0.4, -0.2) is 39.6 Å². The van der Waals surface area contributed by atoms with Crippen molar-refractivity contribution in [1.29, 1.82) is 0 Å². The number of hydrogen-bond acceptors (Lipinski definition) is 4. The Morgan fingerprint density at radius 3 is 2.73 bits per heavy atom. The second kappa shape index (κ2) is 7.70. The number of rotatable bonds is 6. The van der Waals surface area contributed by atoms with Gasteiger partial charge in [-0.25, -0.2) is 0 Å². The summed E-state index contributed by atoms with van der Waals surface area (Å²) < 4.78 is 11.1. The number of H-pyrrole nitrogens is 2. The van der Waals surface area contributed by atoms with Crippen LogP contribution >= 0.6 is 0 Å². The van der Waals surface area contributed by atoms with E-state index < -0.39 is 0 Å². The summed E-state index contributed by atoms with van der Waals surface area (Å²) in [6.45, 7) is 0.552. The maximum Gasteiger partial charge on any atom is 0.273 e. The van der Waals surface area contributed by atoms with Crippen LogP contribution in [0.25, 0.3) is 22.2 Å². The monoisotopic (exact) mass is 438 g/mol. The van der Waals surface area contributed by atoms with Gasteiger partial charge in [0, 0.05) is 34.8 Å². The zero-order valence-corrected chi connectivity index (χ0v) is 18.0. The highest BCUT2D eigenvalue weighted by Gasteiger charge is 2.43. The fraction of sp³-hybridized carbons (Fsp3) is 0.154. The summed E-state index contributed by atoms with van der Waals surface area (Å²) in [5.74, 6) is 1.42. The Kier molecular flexibility index (Phi) is 4.54. The molecule has 1 aliphatic rings. The molecule has 1 amide bonds. The summed E-state index contributed by atoms with van der Waals surface area (Å²) in [5, 5.41) is 8.67. The first kappa shape index (κ1) is 19.4. The zero-order chi connectivity index (χ0) is 22.4. The molecule has 5 aromatic rings. The van der Waals surface area contributed by atoms with E-state index in [-0.39, 0.29) is 11.9 Å². The van der Waals surface area contributed by atoms with Gasteiger partial charge in [0.05, 0.1) is 19.1 Å². The highest BCUT2D eigenvalue weighted by molar-refractivity contribution is 6.00. The van der Waals surface area contributed by atoms with E-state index in [1.54, 1.807) is 13.4 Å². The molecule has 7 nitrogen and oxygen atoms in total. The van der Waals surface area contributed by atoms with Crippen molar-refractivity contribution >= 4 is 16.8 Å². The standard InChI is InChI=1S/C26H22N4O3/c1-32-18-10-8-16(9-11-18)23-22-24(29-28-23)26(31)30(25(22)21-7-4-14-33-21)13-12-17-15-27-20-6-3-2-5-19(17)20/h2-11,14-15,25,27H,12-13H2,1H3,(H,28,29)/t25-/m1/s1. The molecule has 1 aliphatic heterocycles. The number of nitrogens with zero attached hydrogens (tertiary/aromatic N) is 2. The molecule has 164 valence electrons. The lowest BCUT2D eigenvalue weighted by atomic mass is 10.00. The third-order valence-corrected chi connectivity index (χ3v) is 6.34. The SMILES string of the molecule is COc1ccc(-c2n[nH]c3c2[C@@H](c2ccco2)N(CCc2c[nH]c4ccccc24)C3=O)cc1. The second-order valence-corrected chi connectivity index (χ2v) is 8.12. The molecule has 0 saturated heterocycles. The summed E-state index contributed by atoms with van der Waals surface area (Å²) in [7, 11) is 1.64. The number of amides is 1. The van der Waals surface area contributed by atoms with E-state index >= 15 is 0 Å². The van der Waals surface area contributed by atoms with E-state index in [1.807, 2.05) is 59.6 Å². The lowest BCUT2D eigenvalue weighted by Crippen LogP contribution is -2.31. The lowest BCUT2D eigenvalue weighted by molar-refractivity contribution is 0.0732. The van der Waals surface area contributed by atoms with E-state index in [0.717, 1.165) is 40.3 Å². The number of carbonyl (C=O) groups excluding carboxylic acids is 1. The third-order valence-electron chi connectivity index (χ3n) is 6.34. The quantitative estimate of drug-likeness (QED) is 0.393. The minimum Gasteiger partial charge on any atom is -0.497 e. The third kappa shape index (κ3) is 3.12. The van der Waals surface area contributed by atoms with Gasteiger partial charge in [-0.2, -0.15) is 5.10 Å². The van der Waals surface area contributed by atoms with E-state index in [0.29, 0.717) is 12.2 Å². The summed E-state index contributed by atoms with van der Waals surface area (Å²) in [6.07, 6.45) is 4.39. The van der Waals surface area contributed by atoms with Crippen LogP contribution in [0.4, 0.5) is 0 Å². The Morgan fingerprint density at radius 1 is 1.09 bits per heavy atom. The van der Waals surface area contributed by atoms with Crippen LogP contribution in [0.2, 0.25) is 0 Å². The van der Waals surface area contributed by atoms with Crippen molar-refractivity contribution < 1.29 is 13.9 Å². The van der Waals surface area contributed by atoms with Crippen molar-refractivity contribution in [3.63, 3.8) is 0 Å². The molecule has 6 rings (SSSR count). The summed E-state index contributed by atoms with van der Waals surface area (Å²) in [5.41, 5.74) is 5.30. The van der Waals surface area contributed by atoms with Crippen LogP contribution in [0, 0.1) is 0 Å². The van der Waals surface area contributed by atoms with Crippen molar-refractivity contribution in [2.24, 2.45) is 0 Å². The number of methoxy groups -OCH3 is 1. The van der Waals surface area contributed by atoms with Gasteiger partial charge in [-0.15, -0.1) is 0 Å². The zero-order valence-electron chi connectivity index (χ0n) is 18.0. The molecule has 0 unspecified atom stereocenters. The first-order valence-corrected chi connectivity index (χ1v) is 10.9. The average molecular weight is 438 g/mol. The summed E-state index contributed by atoms with van der Waals surface area (Å²) in [6, 6.07) is 19.3.